The fourth-order valence-corrected chi connectivity index (χ4v) is 0.646. The molecule has 11 heavy (non-hydrogen) atoms. The number of nitrogens with zero attached hydrogens (tertiary/aromatic N) is 1. The van der Waals surface area contributed by atoms with E-state index in [1.165, 1.54) is 6.92 Å². The molecule has 0 aromatic carbocycles. The second-order valence-electron chi connectivity index (χ2n) is 2.62. The van der Waals surface area contributed by atoms with Crippen LogP contribution in [0.1, 0.15) is 13.8 Å². The van der Waals surface area contributed by atoms with E-state index in [0.29, 0.717) is 0 Å². The number of carbonyl (C=O) groups is 1. The molecule has 1 unspecified atom stereocenters. The highest BCUT2D eigenvalue weighted by molar-refractivity contribution is 5.69. The standard InChI is InChI=1S/C6H13NO4/c1-3-7(10,11)4-5(2)6(8)9/h5,10-11H,3-4H2,1-2H3/p+1. The first-order valence-corrected chi connectivity index (χ1v) is 3.44. The van der Waals surface area contributed by atoms with Crippen LogP contribution in [0.4, 0.5) is 0 Å². The summed E-state index contributed by atoms with van der Waals surface area (Å²) < 4.78 is 0. The molecule has 1 atom stereocenters. The number of aliphatic carboxylic acids is 1. The van der Waals surface area contributed by atoms with Crippen LogP contribution in [0.25, 0.3) is 0 Å². The first kappa shape index (κ1) is 10.3. The van der Waals surface area contributed by atoms with Crippen molar-refractivity contribution in [2.75, 3.05) is 13.1 Å². The van der Waals surface area contributed by atoms with E-state index in [9.17, 15) is 4.79 Å². The molecule has 0 saturated heterocycles. The molecule has 0 radical (unpaired) electrons. The first-order chi connectivity index (χ1) is 4.89. The summed E-state index contributed by atoms with van der Waals surface area (Å²) in [6.07, 6.45) is 0. The number of rotatable bonds is 4. The lowest BCUT2D eigenvalue weighted by Gasteiger charge is -2.20. The number of carboxylic acid groups (broad SMARTS) is 1. The van der Waals surface area contributed by atoms with Gasteiger partial charge >= 0.3 is 5.97 Å². The van der Waals surface area contributed by atoms with Crippen LogP contribution in [-0.2, 0) is 4.79 Å². The van der Waals surface area contributed by atoms with E-state index in [-0.39, 0.29) is 13.1 Å². The zero-order valence-electron chi connectivity index (χ0n) is 6.69. The minimum Gasteiger partial charge on any atom is -0.481 e. The Hall–Kier alpha value is -0.650. The Balaban J connectivity index is 3.93. The summed E-state index contributed by atoms with van der Waals surface area (Å²) >= 11 is 0. The van der Waals surface area contributed by atoms with Crippen molar-refractivity contribution >= 4 is 5.97 Å². The highest BCUT2D eigenvalue weighted by atomic mass is 16.8. The maximum Gasteiger partial charge on any atom is 0.312 e. The predicted octanol–water partition coefficient (Wildman–Crippen LogP) is 0.322. The second-order valence-corrected chi connectivity index (χ2v) is 2.62. The number of carboxylic acids is 1. The minimum atomic E-state index is -1.23. The third kappa shape index (κ3) is 3.92. The van der Waals surface area contributed by atoms with Crippen molar-refractivity contribution in [2.24, 2.45) is 5.92 Å². The summed E-state index contributed by atoms with van der Waals surface area (Å²) in [5, 5.41) is 26.4. The van der Waals surface area contributed by atoms with E-state index in [2.05, 4.69) is 0 Å². The van der Waals surface area contributed by atoms with Gasteiger partial charge in [-0.05, 0) is 18.7 Å². The van der Waals surface area contributed by atoms with Crippen LogP contribution in [0, 0.1) is 5.92 Å². The molecule has 66 valence electrons. The summed E-state index contributed by atoms with van der Waals surface area (Å²) in [7, 11) is 0. The fraction of sp³-hybridized carbons (Fsp3) is 0.833. The molecule has 0 spiro atoms. The van der Waals surface area contributed by atoms with Gasteiger partial charge in [0.25, 0.3) is 0 Å². The molecule has 0 saturated carbocycles. The molecule has 0 aliphatic carbocycles. The van der Waals surface area contributed by atoms with E-state index in [0.717, 1.165) is 0 Å². The summed E-state index contributed by atoms with van der Waals surface area (Å²) in [4.78, 5) is 9.03. The van der Waals surface area contributed by atoms with Gasteiger partial charge in [0.15, 0.2) is 6.54 Å². The van der Waals surface area contributed by atoms with E-state index in [1.807, 2.05) is 0 Å². The van der Waals surface area contributed by atoms with Crippen molar-refractivity contribution in [2.45, 2.75) is 13.8 Å². The lowest BCUT2D eigenvalue weighted by molar-refractivity contribution is -1.24. The minimum absolute atomic E-state index is 0.0810. The highest BCUT2D eigenvalue weighted by Gasteiger charge is 2.27. The van der Waals surface area contributed by atoms with Crippen LogP contribution < -0.4 is 0 Å². The van der Waals surface area contributed by atoms with Crippen LogP contribution in [0.2, 0.25) is 0 Å². The Kier molecular flexibility index (Phi) is 3.44. The van der Waals surface area contributed by atoms with Gasteiger partial charge in [0.1, 0.15) is 12.5 Å². The quantitative estimate of drug-likeness (QED) is 0.413. The Morgan fingerprint density at radius 2 is 2.00 bits per heavy atom. The normalized spacial score (nSPS) is 14.5. The predicted molar refractivity (Wildman–Crippen MR) is 36.0 cm³/mol. The Morgan fingerprint density at radius 1 is 1.55 bits per heavy atom. The molecule has 5 nitrogen and oxygen atoms in total. The van der Waals surface area contributed by atoms with Crippen molar-refractivity contribution < 1.29 is 25.1 Å². The Morgan fingerprint density at radius 3 is 2.27 bits per heavy atom. The molecule has 0 aliphatic heterocycles. The number of hydroxylamine groups is 4. The summed E-state index contributed by atoms with van der Waals surface area (Å²) in [6.45, 7) is 2.88. The van der Waals surface area contributed by atoms with Crippen molar-refractivity contribution in [3.63, 3.8) is 0 Å². The maximum atomic E-state index is 10.3. The maximum absolute atomic E-state index is 10.3. The molecule has 0 fully saturated rings. The van der Waals surface area contributed by atoms with Gasteiger partial charge < -0.3 is 5.11 Å². The van der Waals surface area contributed by atoms with Crippen molar-refractivity contribution in [3.05, 3.63) is 0 Å². The van der Waals surface area contributed by atoms with Crippen LogP contribution >= 0.6 is 0 Å². The van der Waals surface area contributed by atoms with Crippen LogP contribution in [-0.4, -0.2) is 39.4 Å². The van der Waals surface area contributed by atoms with Crippen LogP contribution in [0.15, 0.2) is 0 Å². The first-order valence-electron chi connectivity index (χ1n) is 3.44. The molecular weight excluding hydrogens is 150 g/mol. The van der Waals surface area contributed by atoms with Crippen LogP contribution in [0.3, 0.4) is 0 Å². The van der Waals surface area contributed by atoms with Crippen molar-refractivity contribution in [1.29, 1.82) is 0 Å². The number of quaternary nitrogens is 1. The molecule has 5 heteroatoms. The molecule has 0 aromatic heterocycles. The van der Waals surface area contributed by atoms with Crippen LogP contribution in [0.5, 0.6) is 0 Å². The van der Waals surface area contributed by atoms with E-state index in [1.54, 1.807) is 6.92 Å². The van der Waals surface area contributed by atoms with E-state index in [4.69, 9.17) is 15.5 Å². The van der Waals surface area contributed by atoms with E-state index < -0.39 is 16.7 Å². The molecule has 0 amide bonds. The van der Waals surface area contributed by atoms with Gasteiger partial charge in [0.05, 0.1) is 0 Å². The Bertz CT molecular complexity index is 146. The largest absolute Gasteiger partial charge is 0.481 e. The molecule has 0 rings (SSSR count). The molecule has 0 aromatic rings. The summed E-state index contributed by atoms with van der Waals surface area (Å²) in [5.41, 5.74) is 0. The van der Waals surface area contributed by atoms with Gasteiger partial charge in [0, 0.05) is 0 Å². The second kappa shape index (κ2) is 3.66. The molecule has 0 aliphatic rings. The number of hydrogen-bond acceptors (Lipinski definition) is 3. The van der Waals surface area contributed by atoms with Gasteiger partial charge in [-0.1, -0.05) is 0 Å². The van der Waals surface area contributed by atoms with Gasteiger partial charge in [-0.3, -0.25) is 4.79 Å². The van der Waals surface area contributed by atoms with Crippen molar-refractivity contribution in [3.8, 4) is 0 Å². The summed E-state index contributed by atoms with van der Waals surface area (Å²) in [5.74, 6) is -1.77. The van der Waals surface area contributed by atoms with Gasteiger partial charge in [-0.15, -0.1) is 0 Å². The topological polar surface area (TPSA) is 77.8 Å². The molecule has 0 heterocycles. The zero-order valence-corrected chi connectivity index (χ0v) is 6.69. The zero-order chi connectivity index (χ0) is 9.07. The fourth-order valence-electron chi connectivity index (χ4n) is 0.646. The average molecular weight is 164 g/mol. The third-order valence-electron chi connectivity index (χ3n) is 1.49. The monoisotopic (exact) mass is 164 g/mol. The highest BCUT2D eigenvalue weighted by Crippen LogP contribution is 2.03. The third-order valence-corrected chi connectivity index (χ3v) is 1.49. The Labute approximate surface area is 65.0 Å². The lowest BCUT2D eigenvalue weighted by Crippen LogP contribution is -2.45. The molecule has 0 bridgehead atoms. The number of hydrogen-bond donors (Lipinski definition) is 3. The SMILES string of the molecule is CC[N+](O)(O)CC(C)C(=O)O. The van der Waals surface area contributed by atoms with Crippen molar-refractivity contribution in [1.82, 2.24) is 0 Å². The lowest BCUT2D eigenvalue weighted by atomic mass is 10.2. The van der Waals surface area contributed by atoms with E-state index >= 15 is 0 Å². The van der Waals surface area contributed by atoms with Gasteiger partial charge in [-0.25, -0.2) is 0 Å². The molecular formula is C6H14NO4+. The molecule has 3 N–H and O–H groups in total. The van der Waals surface area contributed by atoms with Gasteiger partial charge in [-0.2, -0.15) is 10.4 Å². The average Bonchev–Trinajstić information content (AvgIpc) is 1.87. The summed E-state index contributed by atoms with van der Waals surface area (Å²) in [6, 6.07) is 0. The van der Waals surface area contributed by atoms with Gasteiger partial charge in [0.2, 0.25) is 0 Å². The smallest absolute Gasteiger partial charge is 0.312 e.